The number of thiophene rings is 1. The van der Waals surface area contributed by atoms with Crippen molar-refractivity contribution in [1.82, 2.24) is 0 Å². The van der Waals surface area contributed by atoms with Crippen molar-refractivity contribution in [3.63, 3.8) is 0 Å². The van der Waals surface area contributed by atoms with Gasteiger partial charge in [0.25, 0.3) is 0 Å². The van der Waals surface area contributed by atoms with Crippen molar-refractivity contribution in [3.8, 4) is 0 Å². The molecule has 1 unspecified atom stereocenters. The zero-order valence-electron chi connectivity index (χ0n) is 8.03. The lowest BCUT2D eigenvalue weighted by atomic mass is 10.1. The van der Waals surface area contributed by atoms with E-state index < -0.39 is 11.6 Å². The zero-order chi connectivity index (χ0) is 11.1. The molecule has 0 spiro atoms. The van der Waals surface area contributed by atoms with E-state index in [-0.39, 0.29) is 4.88 Å². The average molecular weight is 224 g/mol. The first-order valence-corrected chi connectivity index (χ1v) is 5.25. The maximum atomic E-state index is 13.8. The lowest BCUT2D eigenvalue weighted by Gasteiger charge is -2.11. The highest BCUT2D eigenvalue weighted by molar-refractivity contribution is 7.19. The Morgan fingerprint density at radius 3 is 2.73 bits per heavy atom. The number of hydrogen-bond donors (Lipinski definition) is 1. The van der Waals surface area contributed by atoms with Gasteiger partial charge in [0.2, 0.25) is 5.67 Å². The summed E-state index contributed by atoms with van der Waals surface area (Å²) in [5.41, 5.74) is -2.30. The Bertz CT molecular complexity index is 483. The molecule has 2 aromatic rings. The maximum Gasteiger partial charge on any atom is 0.346 e. The van der Waals surface area contributed by atoms with Crippen LogP contribution in [0.4, 0.5) is 4.39 Å². The van der Waals surface area contributed by atoms with E-state index in [1.807, 2.05) is 24.3 Å². The van der Waals surface area contributed by atoms with Crippen molar-refractivity contribution in [2.75, 3.05) is 0 Å². The Kier molecular flexibility index (Phi) is 2.23. The molecule has 1 N–H and O–H groups in total. The number of hydrogen-bond acceptors (Lipinski definition) is 2. The number of rotatable bonds is 2. The fourth-order valence-corrected chi connectivity index (χ4v) is 2.41. The average Bonchev–Trinajstić information content (AvgIpc) is 2.61. The smallest absolute Gasteiger partial charge is 0.346 e. The van der Waals surface area contributed by atoms with Gasteiger partial charge in [0, 0.05) is 4.70 Å². The Labute approximate surface area is 90.0 Å². The number of carboxylic acid groups (broad SMARTS) is 1. The third-order valence-corrected chi connectivity index (χ3v) is 3.60. The molecule has 1 heterocycles. The predicted molar refractivity (Wildman–Crippen MR) is 57.9 cm³/mol. The minimum atomic E-state index is -2.30. The fourth-order valence-electron chi connectivity index (χ4n) is 1.32. The van der Waals surface area contributed by atoms with Crippen molar-refractivity contribution >= 4 is 27.4 Å². The van der Waals surface area contributed by atoms with Crippen LogP contribution < -0.4 is 0 Å². The lowest BCUT2D eigenvalue weighted by Crippen LogP contribution is -2.25. The van der Waals surface area contributed by atoms with E-state index in [4.69, 9.17) is 5.11 Å². The Balaban J connectivity index is 2.58. The molecule has 15 heavy (non-hydrogen) atoms. The van der Waals surface area contributed by atoms with Crippen molar-refractivity contribution in [1.29, 1.82) is 0 Å². The van der Waals surface area contributed by atoms with Crippen LogP contribution in [0.25, 0.3) is 10.1 Å². The highest BCUT2D eigenvalue weighted by Gasteiger charge is 2.36. The summed E-state index contributed by atoms with van der Waals surface area (Å²) in [6.45, 7) is 1.07. The van der Waals surface area contributed by atoms with Crippen LogP contribution in [0.5, 0.6) is 0 Å². The molecule has 0 aliphatic rings. The number of carbonyl (C=O) groups is 1. The first-order chi connectivity index (χ1) is 7.01. The van der Waals surface area contributed by atoms with E-state index in [1.165, 1.54) is 11.3 Å². The lowest BCUT2D eigenvalue weighted by molar-refractivity contribution is -0.150. The zero-order valence-corrected chi connectivity index (χ0v) is 8.84. The van der Waals surface area contributed by atoms with E-state index in [1.54, 1.807) is 6.07 Å². The van der Waals surface area contributed by atoms with Crippen LogP contribution in [0, 0.1) is 0 Å². The van der Waals surface area contributed by atoms with Crippen molar-refractivity contribution in [2.45, 2.75) is 12.6 Å². The van der Waals surface area contributed by atoms with Crippen LogP contribution in [0.3, 0.4) is 0 Å². The molecule has 4 heteroatoms. The summed E-state index contributed by atoms with van der Waals surface area (Å²) in [4.78, 5) is 11.0. The van der Waals surface area contributed by atoms with E-state index in [2.05, 4.69) is 0 Å². The van der Waals surface area contributed by atoms with Crippen molar-refractivity contribution < 1.29 is 14.3 Å². The number of benzene rings is 1. The molecule has 2 nitrogen and oxygen atoms in total. The second-order valence-electron chi connectivity index (χ2n) is 3.46. The van der Waals surface area contributed by atoms with Crippen LogP contribution in [-0.2, 0) is 10.5 Å². The largest absolute Gasteiger partial charge is 0.479 e. The third kappa shape index (κ3) is 1.61. The van der Waals surface area contributed by atoms with Gasteiger partial charge in [-0.15, -0.1) is 11.3 Å². The van der Waals surface area contributed by atoms with Gasteiger partial charge in [0.05, 0.1) is 4.88 Å². The number of fused-ring (bicyclic) bond motifs is 1. The molecular formula is C11H9FO2S. The third-order valence-electron chi connectivity index (χ3n) is 2.29. The van der Waals surface area contributed by atoms with Crippen LogP contribution in [0.1, 0.15) is 11.8 Å². The molecule has 78 valence electrons. The quantitative estimate of drug-likeness (QED) is 0.850. The monoisotopic (exact) mass is 224 g/mol. The van der Waals surface area contributed by atoms with Crippen LogP contribution in [0.15, 0.2) is 30.3 Å². The number of carboxylic acids is 1. The number of alkyl halides is 1. The molecular weight excluding hydrogens is 215 g/mol. The SMILES string of the molecule is CC(F)(C(=O)O)c1cc2ccccc2s1. The summed E-state index contributed by atoms with van der Waals surface area (Å²) in [6, 6.07) is 8.97. The molecule has 0 bridgehead atoms. The van der Waals surface area contributed by atoms with E-state index in [0.717, 1.165) is 17.0 Å². The summed E-state index contributed by atoms with van der Waals surface area (Å²) in [5, 5.41) is 9.63. The molecule has 1 aromatic carbocycles. The number of aliphatic carboxylic acids is 1. The second-order valence-corrected chi connectivity index (χ2v) is 4.54. The van der Waals surface area contributed by atoms with E-state index >= 15 is 0 Å². The Morgan fingerprint density at radius 2 is 2.13 bits per heavy atom. The highest BCUT2D eigenvalue weighted by atomic mass is 32.1. The van der Waals surface area contributed by atoms with Gasteiger partial charge in [0.1, 0.15) is 0 Å². The normalized spacial score (nSPS) is 15.1. The summed E-state index contributed by atoms with van der Waals surface area (Å²) in [7, 11) is 0. The molecule has 1 aromatic heterocycles. The molecule has 0 saturated carbocycles. The standard InChI is InChI=1S/C11H9FO2S/c1-11(12,10(13)14)9-6-7-4-2-3-5-8(7)15-9/h2-6H,1H3,(H,13,14). The van der Waals surface area contributed by atoms with Crippen LogP contribution >= 0.6 is 11.3 Å². The van der Waals surface area contributed by atoms with Crippen LogP contribution in [0.2, 0.25) is 0 Å². The summed E-state index contributed by atoms with van der Waals surface area (Å²) in [6.07, 6.45) is 0. The van der Waals surface area contributed by atoms with Crippen molar-refractivity contribution in [3.05, 3.63) is 35.2 Å². The van der Waals surface area contributed by atoms with Gasteiger partial charge >= 0.3 is 5.97 Å². The molecule has 0 fully saturated rings. The molecule has 0 aliphatic heterocycles. The maximum absolute atomic E-state index is 13.8. The topological polar surface area (TPSA) is 37.3 Å². The van der Waals surface area contributed by atoms with Crippen LogP contribution in [-0.4, -0.2) is 11.1 Å². The van der Waals surface area contributed by atoms with Gasteiger partial charge in [-0.05, 0) is 24.4 Å². The van der Waals surface area contributed by atoms with Gasteiger partial charge in [-0.2, -0.15) is 0 Å². The van der Waals surface area contributed by atoms with Gasteiger partial charge in [-0.25, -0.2) is 9.18 Å². The Morgan fingerprint density at radius 1 is 1.47 bits per heavy atom. The van der Waals surface area contributed by atoms with Gasteiger partial charge < -0.3 is 5.11 Å². The predicted octanol–water partition coefficient (Wildman–Crippen LogP) is 3.17. The molecule has 0 amide bonds. The second kappa shape index (κ2) is 3.31. The summed E-state index contributed by atoms with van der Waals surface area (Å²) >= 11 is 1.18. The first-order valence-electron chi connectivity index (χ1n) is 4.43. The van der Waals surface area contributed by atoms with Crippen molar-refractivity contribution in [2.24, 2.45) is 0 Å². The minimum absolute atomic E-state index is 0.233. The Hall–Kier alpha value is -1.42. The highest BCUT2D eigenvalue weighted by Crippen LogP contribution is 2.35. The summed E-state index contributed by atoms with van der Waals surface area (Å²) < 4.78 is 14.7. The molecule has 2 rings (SSSR count). The number of halogens is 1. The molecule has 0 radical (unpaired) electrons. The first kappa shape index (κ1) is 10.1. The van der Waals surface area contributed by atoms with Gasteiger partial charge in [0.15, 0.2) is 0 Å². The fraction of sp³-hybridized carbons (Fsp3) is 0.182. The summed E-state index contributed by atoms with van der Waals surface area (Å²) in [5.74, 6) is -1.45. The van der Waals surface area contributed by atoms with Gasteiger partial charge in [-0.1, -0.05) is 18.2 Å². The van der Waals surface area contributed by atoms with Gasteiger partial charge in [-0.3, -0.25) is 0 Å². The minimum Gasteiger partial charge on any atom is -0.479 e. The molecule has 0 aliphatic carbocycles. The molecule has 0 saturated heterocycles. The van der Waals surface area contributed by atoms with E-state index in [0.29, 0.717) is 0 Å². The molecule has 1 atom stereocenters. The van der Waals surface area contributed by atoms with E-state index in [9.17, 15) is 9.18 Å².